The van der Waals surface area contributed by atoms with E-state index in [0.29, 0.717) is 27.6 Å². The van der Waals surface area contributed by atoms with E-state index in [4.69, 9.17) is 18.1 Å². The summed E-state index contributed by atoms with van der Waals surface area (Å²) < 4.78 is 87.4. The number of nitrogens with zero attached hydrogens (tertiary/aromatic N) is 2. The van der Waals surface area contributed by atoms with Gasteiger partial charge in [-0.05, 0) is 48.5 Å². The van der Waals surface area contributed by atoms with Crippen LogP contribution in [-0.4, -0.2) is 4.98 Å². The Balaban J connectivity index is 2.13. The number of hydrogen-bond acceptors (Lipinski definition) is 2. The molecule has 0 aliphatic heterocycles. The second kappa shape index (κ2) is 5.69. The summed E-state index contributed by atoms with van der Waals surface area (Å²) in [6.07, 6.45) is 3.00. The maximum absolute atomic E-state index is 8.57. The molecule has 0 N–H and O–H groups in total. The first kappa shape index (κ1) is 8.13. The van der Waals surface area contributed by atoms with Crippen molar-refractivity contribution in [2.75, 3.05) is 0 Å². The highest BCUT2D eigenvalue weighted by Crippen LogP contribution is 2.38. The van der Waals surface area contributed by atoms with Crippen LogP contribution in [0.15, 0.2) is 47.1 Å². The van der Waals surface area contributed by atoms with Gasteiger partial charge in [0, 0.05) is 42.8 Å². The van der Waals surface area contributed by atoms with E-state index in [1.165, 1.54) is 30.6 Å². The van der Waals surface area contributed by atoms with E-state index < -0.39 is 26.4 Å². The summed E-state index contributed by atoms with van der Waals surface area (Å²) in [7, 11) is 1.68. The Hall–Kier alpha value is -2.68. The van der Waals surface area contributed by atoms with Crippen LogP contribution < -0.4 is 4.57 Å². The maximum atomic E-state index is 8.57. The standard InChI is InChI=1S/C22H23N2O/c1-13(2)16-8-10-24(5)18(12-16)20-15(4)11-14(3)19-17-7-6-9-23-22(17)25-21(19)20/h6-13H,1-5H3/q+1/i1D3,2D3,3D3,13D. The molecule has 3 nitrogen and oxygen atoms in total. The second-order valence-electron chi connectivity index (χ2n) is 6.06. The van der Waals surface area contributed by atoms with Crippen molar-refractivity contribution in [2.24, 2.45) is 7.05 Å². The molecule has 0 aliphatic rings. The number of aryl methyl sites for hydroxylation is 3. The summed E-state index contributed by atoms with van der Waals surface area (Å²) in [5.41, 5.74) is 1.68. The molecule has 0 fully saturated rings. The minimum Gasteiger partial charge on any atom is -0.437 e. The molecule has 3 heterocycles. The molecule has 0 saturated carbocycles. The van der Waals surface area contributed by atoms with Crippen LogP contribution in [0, 0.1) is 13.8 Å². The molecule has 0 amide bonds. The van der Waals surface area contributed by atoms with Gasteiger partial charge in [-0.25, -0.2) is 9.55 Å². The Morgan fingerprint density at radius 3 is 2.92 bits per heavy atom. The zero-order chi connectivity index (χ0) is 26.1. The summed E-state index contributed by atoms with van der Waals surface area (Å²) in [6.45, 7) is -7.04. The lowest BCUT2D eigenvalue weighted by atomic mass is 9.95. The zero-order valence-corrected chi connectivity index (χ0v) is 13.8. The van der Waals surface area contributed by atoms with Gasteiger partial charge < -0.3 is 4.42 Å². The highest BCUT2D eigenvalue weighted by atomic mass is 16.3. The van der Waals surface area contributed by atoms with Crippen molar-refractivity contribution >= 4 is 22.1 Å². The third-order valence-corrected chi connectivity index (χ3v) is 4.41. The zero-order valence-electron chi connectivity index (χ0n) is 23.8. The van der Waals surface area contributed by atoms with Crippen LogP contribution >= 0.6 is 0 Å². The maximum Gasteiger partial charge on any atom is 0.227 e. The van der Waals surface area contributed by atoms with Crippen LogP contribution in [-0.2, 0) is 7.05 Å². The van der Waals surface area contributed by atoms with Gasteiger partial charge in [-0.3, -0.25) is 0 Å². The Kier molecular flexibility index (Phi) is 1.85. The van der Waals surface area contributed by atoms with Gasteiger partial charge >= 0.3 is 0 Å². The molecule has 3 heteroatoms. The quantitative estimate of drug-likeness (QED) is 0.468. The smallest absolute Gasteiger partial charge is 0.227 e. The van der Waals surface area contributed by atoms with E-state index in [1.807, 2.05) is 0 Å². The molecule has 3 aromatic heterocycles. The second-order valence-corrected chi connectivity index (χ2v) is 6.06. The summed E-state index contributed by atoms with van der Waals surface area (Å²) in [4.78, 5) is 4.21. The topological polar surface area (TPSA) is 29.9 Å². The van der Waals surface area contributed by atoms with Crippen molar-refractivity contribution in [3.8, 4) is 11.3 Å². The number of aromatic nitrogens is 2. The van der Waals surface area contributed by atoms with E-state index in [-0.39, 0.29) is 22.4 Å². The Morgan fingerprint density at radius 2 is 2.12 bits per heavy atom. The molecule has 0 aliphatic carbocycles. The van der Waals surface area contributed by atoms with Gasteiger partial charge in [0.2, 0.25) is 11.4 Å². The predicted molar refractivity (Wildman–Crippen MR) is 102 cm³/mol. The summed E-state index contributed by atoms with van der Waals surface area (Å²) in [5, 5.41) is 0.858. The summed E-state index contributed by atoms with van der Waals surface area (Å²) >= 11 is 0. The van der Waals surface area contributed by atoms with E-state index in [1.54, 1.807) is 30.7 Å². The average Bonchev–Trinajstić information content (AvgIpc) is 3.10. The Bertz CT molecular complexity index is 1430. The fraction of sp³-hybridized carbons (Fsp3) is 0.273. The van der Waals surface area contributed by atoms with Gasteiger partial charge in [0.15, 0.2) is 11.8 Å². The van der Waals surface area contributed by atoms with Gasteiger partial charge in [-0.15, -0.1) is 0 Å². The lowest BCUT2D eigenvalue weighted by molar-refractivity contribution is -0.660. The van der Waals surface area contributed by atoms with Crippen molar-refractivity contribution < 1.29 is 22.7 Å². The molecule has 1 aromatic carbocycles. The van der Waals surface area contributed by atoms with E-state index in [9.17, 15) is 0 Å². The number of furan rings is 1. The van der Waals surface area contributed by atoms with Crippen LogP contribution in [0.5, 0.6) is 0 Å². The normalized spacial score (nSPS) is 19.6. The predicted octanol–water partition coefficient (Wildman–Crippen LogP) is 5.21. The number of rotatable bonds is 2. The minimum atomic E-state index is -3.14. The summed E-state index contributed by atoms with van der Waals surface area (Å²) in [5.74, 6) is -2.88. The monoisotopic (exact) mass is 341 g/mol. The van der Waals surface area contributed by atoms with Crippen molar-refractivity contribution in [1.82, 2.24) is 4.98 Å². The molecule has 25 heavy (non-hydrogen) atoms. The van der Waals surface area contributed by atoms with E-state index >= 15 is 0 Å². The highest BCUT2D eigenvalue weighted by Gasteiger charge is 2.23. The number of benzene rings is 1. The number of pyridine rings is 2. The van der Waals surface area contributed by atoms with E-state index in [2.05, 4.69) is 4.98 Å². The first-order valence-electron chi connectivity index (χ1n) is 12.8. The van der Waals surface area contributed by atoms with Gasteiger partial charge in [0.05, 0.1) is 5.56 Å². The van der Waals surface area contributed by atoms with Crippen molar-refractivity contribution in [2.45, 2.75) is 33.4 Å². The number of fused-ring (bicyclic) bond motifs is 3. The Labute approximate surface area is 162 Å². The SMILES string of the molecule is [2H]C([2H])([2H])c1cc(C)c(-c2cc(C([2H])(C([2H])([2H])[2H])C([2H])([2H])[2H])cc[n+]2C)c2oc3ncccc3c12. The van der Waals surface area contributed by atoms with Crippen LogP contribution in [0.3, 0.4) is 0 Å². The third-order valence-electron chi connectivity index (χ3n) is 4.41. The van der Waals surface area contributed by atoms with Crippen LogP contribution in [0.4, 0.5) is 0 Å². The van der Waals surface area contributed by atoms with Crippen LogP contribution in [0.25, 0.3) is 33.3 Å². The lowest BCUT2D eigenvalue weighted by Crippen LogP contribution is -2.31. The molecule has 4 rings (SSSR count). The van der Waals surface area contributed by atoms with Crippen molar-refractivity contribution in [3.05, 3.63) is 59.4 Å². The van der Waals surface area contributed by atoms with Gasteiger partial charge in [-0.1, -0.05) is 19.8 Å². The largest absolute Gasteiger partial charge is 0.437 e. The molecule has 126 valence electrons. The van der Waals surface area contributed by atoms with Crippen LogP contribution in [0.2, 0.25) is 0 Å². The first-order valence-corrected chi connectivity index (χ1v) is 7.80. The molecular weight excluding hydrogens is 308 g/mol. The fourth-order valence-electron chi connectivity index (χ4n) is 3.21. The Morgan fingerprint density at radius 1 is 1.24 bits per heavy atom. The van der Waals surface area contributed by atoms with Gasteiger partial charge in [0.25, 0.3) is 0 Å². The van der Waals surface area contributed by atoms with Crippen LogP contribution in [0.1, 0.15) is 50.0 Å². The first-order chi connectivity index (χ1) is 16.0. The van der Waals surface area contributed by atoms with Crippen molar-refractivity contribution in [1.29, 1.82) is 0 Å². The molecule has 0 saturated heterocycles. The molecule has 0 bridgehead atoms. The molecule has 0 spiro atoms. The molecule has 4 aromatic rings. The molecule has 0 unspecified atom stereocenters. The molecular formula is C22H23N2O+. The highest BCUT2D eigenvalue weighted by molar-refractivity contribution is 6.10. The third kappa shape index (κ3) is 2.42. The fourth-order valence-corrected chi connectivity index (χ4v) is 3.21. The average molecular weight is 342 g/mol. The number of hydrogen-bond donors (Lipinski definition) is 0. The lowest BCUT2D eigenvalue weighted by Gasteiger charge is -2.10. The van der Waals surface area contributed by atoms with E-state index in [0.717, 1.165) is 0 Å². The van der Waals surface area contributed by atoms with Gasteiger partial charge in [0.1, 0.15) is 7.05 Å². The molecule has 0 radical (unpaired) electrons. The minimum absolute atomic E-state index is 0.0825. The molecule has 0 atom stereocenters. The van der Waals surface area contributed by atoms with Gasteiger partial charge in [-0.2, -0.15) is 0 Å². The van der Waals surface area contributed by atoms with Crippen molar-refractivity contribution in [3.63, 3.8) is 0 Å². The summed E-state index contributed by atoms with van der Waals surface area (Å²) in [6, 6.07) is 7.56.